The van der Waals surface area contributed by atoms with E-state index in [0.29, 0.717) is 11.7 Å². The van der Waals surface area contributed by atoms with Gasteiger partial charge in [-0.2, -0.15) is 4.98 Å². The Morgan fingerprint density at radius 3 is 2.78 bits per heavy atom. The van der Waals surface area contributed by atoms with Gasteiger partial charge in [0.2, 0.25) is 0 Å². The van der Waals surface area contributed by atoms with E-state index in [0.717, 1.165) is 23.5 Å². The summed E-state index contributed by atoms with van der Waals surface area (Å²) in [7, 11) is 1.62. The zero-order chi connectivity index (χ0) is 13.2. The van der Waals surface area contributed by atoms with Crippen molar-refractivity contribution < 1.29 is 9.26 Å². The summed E-state index contributed by atoms with van der Waals surface area (Å²) in [6.45, 7) is 4.04. The summed E-state index contributed by atoms with van der Waals surface area (Å²) in [5, 5.41) is 5.93. The lowest BCUT2D eigenvalue weighted by Crippen LogP contribution is -2.36. The third-order valence-electron chi connectivity index (χ3n) is 3.18. The van der Waals surface area contributed by atoms with E-state index in [1.165, 1.54) is 11.3 Å². The highest BCUT2D eigenvalue weighted by molar-refractivity contribution is 7.13. The molecule has 0 saturated heterocycles. The van der Waals surface area contributed by atoms with Crippen molar-refractivity contribution in [1.82, 2.24) is 10.1 Å². The van der Waals surface area contributed by atoms with Crippen LogP contribution in [-0.4, -0.2) is 17.3 Å². The number of hydrogen-bond donors (Lipinski definition) is 1. The zero-order valence-corrected chi connectivity index (χ0v) is 11.6. The molecule has 2 heterocycles. The van der Waals surface area contributed by atoms with E-state index >= 15 is 0 Å². The molecule has 0 fully saturated rings. The highest BCUT2D eigenvalue weighted by Gasteiger charge is 2.29. The van der Waals surface area contributed by atoms with Crippen LogP contribution in [0.3, 0.4) is 0 Å². The van der Waals surface area contributed by atoms with Crippen LogP contribution in [0.15, 0.2) is 16.0 Å². The van der Waals surface area contributed by atoms with E-state index in [4.69, 9.17) is 15.0 Å². The minimum atomic E-state index is -0.522. The van der Waals surface area contributed by atoms with Gasteiger partial charge in [-0.3, -0.25) is 0 Å². The van der Waals surface area contributed by atoms with Gasteiger partial charge in [-0.1, -0.05) is 19.0 Å². The van der Waals surface area contributed by atoms with Crippen molar-refractivity contribution in [3.05, 3.63) is 17.3 Å². The van der Waals surface area contributed by atoms with Gasteiger partial charge in [0.15, 0.2) is 5.82 Å². The standard InChI is InChI=1S/C12H17N3O2S/c1-4-12(13,5-2)11-14-10(17-15-11)9-8(16-3)6-7-18-9/h6-7H,4-5,13H2,1-3H3. The molecule has 2 rings (SSSR count). The van der Waals surface area contributed by atoms with E-state index in [9.17, 15) is 0 Å². The summed E-state index contributed by atoms with van der Waals surface area (Å²) in [5.74, 6) is 1.76. The van der Waals surface area contributed by atoms with Crippen LogP contribution >= 0.6 is 11.3 Å². The number of aromatic nitrogens is 2. The van der Waals surface area contributed by atoms with Crippen molar-refractivity contribution in [2.75, 3.05) is 7.11 Å². The van der Waals surface area contributed by atoms with Gasteiger partial charge in [-0.15, -0.1) is 11.3 Å². The molecule has 0 aliphatic carbocycles. The predicted octanol–water partition coefficient (Wildman–Crippen LogP) is 2.78. The number of nitrogens with zero attached hydrogens (tertiary/aromatic N) is 2. The van der Waals surface area contributed by atoms with Gasteiger partial charge in [0, 0.05) is 0 Å². The molecule has 0 radical (unpaired) electrons. The summed E-state index contributed by atoms with van der Waals surface area (Å²) in [6, 6.07) is 1.87. The molecule has 0 unspecified atom stereocenters. The Bertz CT molecular complexity index is 517. The van der Waals surface area contributed by atoms with Crippen LogP contribution in [0.25, 0.3) is 10.8 Å². The van der Waals surface area contributed by atoms with E-state index in [1.54, 1.807) is 7.11 Å². The number of nitrogens with two attached hydrogens (primary N) is 1. The van der Waals surface area contributed by atoms with E-state index in [1.807, 2.05) is 25.3 Å². The maximum Gasteiger partial charge on any atom is 0.271 e. The lowest BCUT2D eigenvalue weighted by Gasteiger charge is -2.21. The Labute approximate surface area is 110 Å². The van der Waals surface area contributed by atoms with Crippen molar-refractivity contribution in [3.63, 3.8) is 0 Å². The number of rotatable bonds is 5. The van der Waals surface area contributed by atoms with Gasteiger partial charge in [-0.25, -0.2) is 0 Å². The molecule has 2 N–H and O–H groups in total. The Morgan fingerprint density at radius 1 is 1.44 bits per heavy atom. The molecule has 2 aromatic heterocycles. The first-order valence-electron chi connectivity index (χ1n) is 5.89. The molecule has 0 aliphatic heterocycles. The van der Waals surface area contributed by atoms with E-state index < -0.39 is 5.54 Å². The van der Waals surface area contributed by atoms with Crippen LogP contribution in [0.4, 0.5) is 0 Å². The normalized spacial score (nSPS) is 11.8. The molecule has 6 heteroatoms. The first-order valence-corrected chi connectivity index (χ1v) is 6.77. The van der Waals surface area contributed by atoms with Crippen LogP contribution in [0.1, 0.15) is 32.5 Å². The topological polar surface area (TPSA) is 74.2 Å². The van der Waals surface area contributed by atoms with Gasteiger partial charge in [0.1, 0.15) is 10.6 Å². The Balaban J connectivity index is 2.36. The van der Waals surface area contributed by atoms with Crippen molar-refractivity contribution in [3.8, 4) is 16.5 Å². The summed E-state index contributed by atoms with van der Waals surface area (Å²) >= 11 is 1.50. The number of ether oxygens (including phenoxy) is 1. The van der Waals surface area contributed by atoms with Crippen LogP contribution in [0, 0.1) is 0 Å². The lowest BCUT2D eigenvalue weighted by atomic mass is 9.93. The second kappa shape index (κ2) is 5.07. The second-order valence-corrected chi connectivity index (χ2v) is 5.02. The SMILES string of the molecule is CCC(N)(CC)c1noc(-c2sccc2OC)n1. The van der Waals surface area contributed by atoms with Crippen LogP contribution in [0.2, 0.25) is 0 Å². The second-order valence-electron chi connectivity index (χ2n) is 4.10. The monoisotopic (exact) mass is 267 g/mol. The smallest absolute Gasteiger partial charge is 0.271 e. The molecule has 2 aromatic rings. The molecule has 0 spiro atoms. The van der Waals surface area contributed by atoms with Crippen LogP contribution in [-0.2, 0) is 5.54 Å². The Kier molecular flexibility index (Phi) is 3.68. The minimum absolute atomic E-state index is 0.466. The van der Waals surface area contributed by atoms with Gasteiger partial charge < -0.3 is 15.0 Å². The highest BCUT2D eigenvalue weighted by Crippen LogP contribution is 2.35. The van der Waals surface area contributed by atoms with Crippen molar-refractivity contribution in [1.29, 1.82) is 0 Å². The molecule has 98 valence electrons. The largest absolute Gasteiger partial charge is 0.495 e. The summed E-state index contributed by atoms with van der Waals surface area (Å²) in [6.07, 6.45) is 1.54. The van der Waals surface area contributed by atoms with Crippen molar-refractivity contribution in [2.24, 2.45) is 5.73 Å². The van der Waals surface area contributed by atoms with E-state index in [2.05, 4.69) is 10.1 Å². The molecule has 0 aromatic carbocycles. The number of thiophene rings is 1. The first-order chi connectivity index (χ1) is 8.64. The molecule has 0 bridgehead atoms. The Hall–Kier alpha value is -1.40. The molecule has 0 aliphatic rings. The van der Waals surface area contributed by atoms with Crippen LogP contribution < -0.4 is 10.5 Å². The fraction of sp³-hybridized carbons (Fsp3) is 0.500. The molecule has 0 amide bonds. The average Bonchev–Trinajstić information content (AvgIpc) is 3.05. The summed E-state index contributed by atoms with van der Waals surface area (Å²) < 4.78 is 10.5. The molecule has 0 atom stereocenters. The zero-order valence-electron chi connectivity index (χ0n) is 10.8. The number of methoxy groups -OCH3 is 1. The maximum atomic E-state index is 6.24. The fourth-order valence-electron chi connectivity index (χ4n) is 1.70. The predicted molar refractivity (Wildman–Crippen MR) is 70.6 cm³/mol. The molecule has 0 saturated carbocycles. The third-order valence-corrected chi connectivity index (χ3v) is 4.06. The highest BCUT2D eigenvalue weighted by atomic mass is 32.1. The summed E-state index contributed by atoms with van der Waals surface area (Å²) in [4.78, 5) is 5.24. The fourth-order valence-corrected chi connectivity index (χ4v) is 2.48. The Morgan fingerprint density at radius 2 is 2.17 bits per heavy atom. The molecular formula is C12H17N3O2S. The lowest BCUT2D eigenvalue weighted by molar-refractivity contribution is 0.349. The van der Waals surface area contributed by atoms with Gasteiger partial charge >= 0.3 is 0 Å². The maximum absolute atomic E-state index is 6.24. The molecular weight excluding hydrogens is 250 g/mol. The van der Waals surface area contributed by atoms with E-state index in [-0.39, 0.29) is 0 Å². The van der Waals surface area contributed by atoms with Crippen LogP contribution in [0.5, 0.6) is 5.75 Å². The number of hydrogen-bond acceptors (Lipinski definition) is 6. The van der Waals surface area contributed by atoms with Crippen molar-refractivity contribution in [2.45, 2.75) is 32.2 Å². The average molecular weight is 267 g/mol. The summed E-state index contributed by atoms with van der Waals surface area (Å²) in [5.41, 5.74) is 5.72. The van der Waals surface area contributed by atoms with Gasteiger partial charge in [0.25, 0.3) is 5.89 Å². The van der Waals surface area contributed by atoms with Gasteiger partial charge in [0.05, 0.1) is 12.6 Å². The first kappa shape index (κ1) is 13.0. The molecule has 5 nitrogen and oxygen atoms in total. The quantitative estimate of drug-likeness (QED) is 0.901. The third kappa shape index (κ3) is 2.13. The minimum Gasteiger partial charge on any atom is -0.495 e. The van der Waals surface area contributed by atoms with Crippen molar-refractivity contribution >= 4 is 11.3 Å². The van der Waals surface area contributed by atoms with Gasteiger partial charge in [-0.05, 0) is 24.3 Å². The molecule has 18 heavy (non-hydrogen) atoms.